The van der Waals surface area contributed by atoms with E-state index in [4.69, 9.17) is 4.98 Å². The van der Waals surface area contributed by atoms with E-state index >= 15 is 0 Å². The summed E-state index contributed by atoms with van der Waals surface area (Å²) < 4.78 is 0. The van der Waals surface area contributed by atoms with Gasteiger partial charge < -0.3 is 14.8 Å². The number of carbonyl (C=O) groups is 1. The van der Waals surface area contributed by atoms with Gasteiger partial charge in [-0.05, 0) is 32.6 Å². The SMILES string of the molecule is CCc1cc(N2CCC[C@]3(CCC(=O)N(CCc4cnc[nH]4)C3)C2)nc(C)n1. The maximum atomic E-state index is 12.5. The Kier molecular flexibility index (Phi) is 5.33. The molecule has 0 aliphatic carbocycles. The van der Waals surface area contributed by atoms with Gasteiger partial charge in [0, 0.05) is 68.1 Å². The van der Waals surface area contributed by atoms with Gasteiger partial charge in [-0.25, -0.2) is 15.0 Å². The van der Waals surface area contributed by atoms with Gasteiger partial charge in [-0.3, -0.25) is 4.79 Å². The molecule has 7 nitrogen and oxygen atoms in total. The molecule has 0 saturated carbocycles. The van der Waals surface area contributed by atoms with Crippen molar-refractivity contribution >= 4 is 11.7 Å². The van der Waals surface area contributed by atoms with Gasteiger partial charge in [-0.2, -0.15) is 0 Å². The summed E-state index contributed by atoms with van der Waals surface area (Å²) in [6, 6.07) is 2.13. The summed E-state index contributed by atoms with van der Waals surface area (Å²) in [5.74, 6) is 2.17. The number of aromatic nitrogens is 4. The van der Waals surface area contributed by atoms with Gasteiger partial charge in [0.2, 0.25) is 5.91 Å². The molecular weight excluding hydrogens is 352 g/mol. The molecule has 1 amide bonds. The highest BCUT2D eigenvalue weighted by molar-refractivity contribution is 5.77. The predicted octanol–water partition coefficient (Wildman–Crippen LogP) is 2.52. The smallest absolute Gasteiger partial charge is 0.222 e. The standard InChI is InChI=1S/C21H30N6O/c1-3-17-11-19(25-16(2)24-17)26-9-4-7-21(13-26)8-5-20(28)27(14-21)10-6-18-12-22-15-23-18/h11-12,15H,3-10,13-14H2,1-2H3,(H,22,23)/t21-/m0/s1. The van der Waals surface area contributed by atoms with Crippen LogP contribution in [-0.2, 0) is 17.6 Å². The van der Waals surface area contributed by atoms with E-state index in [1.165, 1.54) is 6.42 Å². The minimum Gasteiger partial charge on any atom is -0.356 e. The van der Waals surface area contributed by atoms with Crippen LogP contribution in [0.5, 0.6) is 0 Å². The van der Waals surface area contributed by atoms with Gasteiger partial charge in [0.25, 0.3) is 0 Å². The summed E-state index contributed by atoms with van der Waals surface area (Å²) in [5.41, 5.74) is 2.36. The van der Waals surface area contributed by atoms with Crippen molar-refractivity contribution in [3.63, 3.8) is 0 Å². The highest BCUT2D eigenvalue weighted by Crippen LogP contribution is 2.40. The summed E-state index contributed by atoms with van der Waals surface area (Å²) >= 11 is 0. The van der Waals surface area contributed by atoms with Crippen LogP contribution >= 0.6 is 0 Å². The number of aryl methyl sites for hydroxylation is 2. The molecule has 0 unspecified atom stereocenters. The van der Waals surface area contributed by atoms with E-state index in [2.05, 4.69) is 37.7 Å². The summed E-state index contributed by atoms with van der Waals surface area (Å²) in [6.45, 7) is 7.72. The lowest BCUT2D eigenvalue weighted by atomic mass is 9.73. The van der Waals surface area contributed by atoms with Crippen LogP contribution in [-0.4, -0.2) is 56.9 Å². The molecule has 0 aromatic carbocycles. The van der Waals surface area contributed by atoms with Gasteiger partial charge in [0.15, 0.2) is 0 Å². The first-order valence-electron chi connectivity index (χ1n) is 10.4. The minimum atomic E-state index is 0.172. The fraction of sp³-hybridized carbons (Fsp3) is 0.619. The molecule has 2 fully saturated rings. The zero-order chi connectivity index (χ0) is 19.6. The van der Waals surface area contributed by atoms with E-state index in [0.29, 0.717) is 6.42 Å². The Bertz CT molecular complexity index is 820. The summed E-state index contributed by atoms with van der Waals surface area (Å²) in [6.07, 6.45) is 9.25. The fourth-order valence-electron chi connectivity index (χ4n) is 4.67. The number of amides is 1. The number of anilines is 1. The second-order valence-corrected chi connectivity index (χ2v) is 8.29. The number of nitrogens with one attached hydrogen (secondary N) is 1. The Morgan fingerprint density at radius 2 is 2.14 bits per heavy atom. The van der Waals surface area contributed by atoms with Crippen molar-refractivity contribution in [3.8, 4) is 0 Å². The van der Waals surface area contributed by atoms with Crippen LogP contribution in [0.25, 0.3) is 0 Å². The molecule has 4 heterocycles. The number of likely N-dealkylation sites (tertiary alicyclic amines) is 1. The molecule has 150 valence electrons. The largest absolute Gasteiger partial charge is 0.356 e. The van der Waals surface area contributed by atoms with Crippen molar-refractivity contribution < 1.29 is 4.79 Å². The van der Waals surface area contributed by atoms with Gasteiger partial charge in [-0.1, -0.05) is 6.92 Å². The van der Waals surface area contributed by atoms with E-state index < -0.39 is 0 Å². The molecule has 1 atom stereocenters. The number of H-pyrrole nitrogens is 1. The normalized spacial score (nSPS) is 22.9. The van der Waals surface area contributed by atoms with Gasteiger partial charge >= 0.3 is 0 Å². The van der Waals surface area contributed by atoms with Crippen LogP contribution in [0, 0.1) is 12.3 Å². The first-order valence-corrected chi connectivity index (χ1v) is 10.4. The topological polar surface area (TPSA) is 78.0 Å². The van der Waals surface area contributed by atoms with E-state index in [-0.39, 0.29) is 11.3 Å². The Morgan fingerprint density at radius 3 is 2.93 bits per heavy atom. The third-order valence-corrected chi connectivity index (χ3v) is 6.18. The second-order valence-electron chi connectivity index (χ2n) is 8.29. The average Bonchev–Trinajstić information content (AvgIpc) is 3.22. The molecule has 0 radical (unpaired) electrons. The number of piperidine rings is 2. The lowest BCUT2D eigenvalue weighted by Gasteiger charge is -2.48. The molecule has 28 heavy (non-hydrogen) atoms. The van der Waals surface area contributed by atoms with Gasteiger partial charge in [0.05, 0.1) is 6.33 Å². The van der Waals surface area contributed by atoms with Crippen LogP contribution in [0.15, 0.2) is 18.6 Å². The van der Waals surface area contributed by atoms with E-state index in [1.807, 2.05) is 13.1 Å². The third-order valence-electron chi connectivity index (χ3n) is 6.18. The summed E-state index contributed by atoms with van der Waals surface area (Å²) in [7, 11) is 0. The quantitative estimate of drug-likeness (QED) is 0.860. The number of hydrogen-bond donors (Lipinski definition) is 1. The van der Waals surface area contributed by atoms with Crippen LogP contribution < -0.4 is 4.90 Å². The van der Waals surface area contributed by atoms with Gasteiger partial charge in [-0.15, -0.1) is 0 Å². The molecule has 2 aliphatic heterocycles. The van der Waals surface area contributed by atoms with Crippen molar-refractivity contribution in [1.29, 1.82) is 0 Å². The van der Waals surface area contributed by atoms with Gasteiger partial charge in [0.1, 0.15) is 11.6 Å². The Hall–Kier alpha value is -2.44. The van der Waals surface area contributed by atoms with Crippen molar-refractivity contribution in [2.24, 2.45) is 5.41 Å². The zero-order valence-corrected chi connectivity index (χ0v) is 16.9. The summed E-state index contributed by atoms with van der Waals surface area (Å²) in [5, 5.41) is 0. The second kappa shape index (κ2) is 7.89. The summed E-state index contributed by atoms with van der Waals surface area (Å²) in [4.78, 5) is 33.5. The molecule has 0 bridgehead atoms. The molecule has 1 N–H and O–H groups in total. The highest BCUT2D eigenvalue weighted by Gasteiger charge is 2.42. The number of imidazole rings is 1. The van der Waals surface area contributed by atoms with Crippen molar-refractivity contribution in [2.45, 2.75) is 52.4 Å². The maximum absolute atomic E-state index is 12.5. The van der Waals surface area contributed by atoms with Crippen molar-refractivity contribution in [1.82, 2.24) is 24.8 Å². The molecule has 1 spiro atoms. The maximum Gasteiger partial charge on any atom is 0.222 e. The van der Waals surface area contributed by atoms with E-state index in [1.54, 1.807) is 6.33 Å². The van der Waals surface area contributed by atoms with Crippen LogP contribution in [0.1, 0.15) is 49.8 Å². The lowest BCUT2D eigenvalue weighted by molar-refractivity contribution is -0.137. The Balaban J connectivity index is 1.47. The van der Waals surface area contributed by atoms with Crippen molar-refractivity contribution in [3.05, 3.63) is 35.8 Å². The highest BCUT2D eigenvalue weighted by atomic mass is 16.2. The Morgan fingerprint density at radius 1 is 1.25 bits per heavy atom. The van der Waals surface area contributed by atoms with Crippen LogP contribution in [0.3, 0.4) is 0 Å². The van der Waals surface area contributed by atoms with E-state index in [9.17, 15) is 4.79 Å². The number of rotatable bonds is 5. The van der Waals surface area contributed by atoms with Crippen molar-refractivity contribution in [2.75, 3.05) is 31.1 Å². The molecule has 4 rings (SSSR count). The minimum absolute atomic E-state index is 0.172. The van der Waals surface area contributed by atoms with Crippen LogP contribution in [0.2, 0.25) is 0 Å². The van der Waals surface area contributed by atoms with E-state index in [0.717, 1.165) is 74.9 Å². The molecule has 2 aromatic heterocycles. The first-order chi connectivity index (χ1) is 13.6. The molecular formula is C21H30N6O. The first kappa shape index (κ1) is 18.9. The predicted molar refractivity (Wildman–Crippen MR) is 108 cm³/mol. The molecule has 2 aromatic rings. The fourth-order valence-corrected chi connectivity index (χ4v) is 4.67. The monoisotopic (exact) mass is 382 g/mol. The number of hydrogen-bond acceptors (Lipinski definition) is 5. The number of carbonyl (C=O) groups excluding carboxylic acids is 1. The number of nitrogens with zero attached hydrogens (tertiary/aromatic N) is 5. The van der Waals surface area contributed by atoms with Crippen LogP contribution in [0.4, 0.5) is 5.82 Å². The molecule has 2 aliphatic rings. The zero-order valence-electron chi connectivity index (χ0n) is 16.9. The number of aromatic amines is 1. The Labute approximate surface area is 166 Å². The molecule has 7 heteroatoms. The molecule has 2 saturated heterocycles. The third kappa shape index (κ3) is 4.03. The average molecular weight is 383 g/mol. The lowest BCUT2D eigenvalue weighted by Crippen LogP contribution is -2.54.